The lowest BCUT2D eigenvalue weighted by molar-refractivity contribution is 0.255. The van der Waals surface area contributed by atoms with Crippen LogP contribution in [-0.2, 0) is 12.5 Å². The van der Waals surface area contributed by atoms with Crippen molar-refractivity contribution in [3.63, 3.8) is 0 Å². The molecule has 0 spiro atoms. The molecule has 124 valence electrons. The standard InChI is InChI=1S/C20H18N4O/c1-24-13-23-18(17-10-14(11-21)6-9-22-17)19(24)15-2-4-16(5-3-15)20(12-25)7-8-20/h2-6,9-10,13,25H,7-8,12H2,1H3. The third kappa shape index (κ3) is 2.61. The van der Waals surface area contributed by atoms with E-state index in [-0.39, 0.29) is 12.0 Å². The van der Waals surface area contributed by atoms with Gasteiger partial charge in [-0.05, 0) is 30.5 Å². The highest BCUT2D eigenvalue weighted by molar-refractivity contribution is 5.77. The van der Waals surface area contributed by atoms with E-state index in [0.29, 0.717) is 11.3 Å². The zero-order chi connectivity index (χ0) is 17.4. The van der Waals surface area contributed by atoms with Gasteiger partial charge in [0.05, 0.1) is 36.0 Å². The maximum Gasteiger partial charge on any atom is 0.115 e. The van der Waals surface area contributed by atoms with Crippen molar-refractivity contribution in [1.29, 1.82) is 5.26 Å². The maximum atomic E-state index is 9.60. The second-order valence-corrected chi connectivity index (χ2v) is 6.61. The van der Waals surface area contributed by atoms with E-state index in [1.54, 1.807) is 24.7 Å². The van der Waals surface area contributed by atoms with E-state index >= 15 is 0 Å². The molecule has 1 saturated carbocycles. The first kappa shape index (κ1) is 15.6. The van der Waals surface area contributed by atoms with Crippen LogP contribution in [0.5, 0.6) is 0 Å². The third-order valence-electron chi connectivity index (χ3n) is 5.00. The van der Waals surface area contributed by atoms with Gasteiger partial charge in [-0.2, -0.15) is 5.26 Å². The Morgan fingerprint density at radius 1 is 1.20 bits per heavy atom. The summed E-state index contributed by atoms with van der Waals surface area (Å²) in [6, 6.07) is 13.9. The van der Waals surface area contributed by atoms with Crippen LogP contribution in [0.25, 0.3) is 22.6 Å². The van der Waals surface area contributed by atoms with E-state index in [2.05, 4.69) is 40.3 Å². The zero-order valence-corrected chi connectivity index (χ0v) is 14.0. The molecule has 0 amide bonds. The maximum absolute atomic E-state index is 9.60. The number of aliphatic hydroxyl groups excluding tert-OH is 1. The molecule has 0 aliphatic heterocycles. The number of aliphatic hydroxyl groups is 1. The first-order valence-corrected chi connectivity index (χ1v) is 8.26. The lowest BCUT2D eigenvalue weighted by Gasteiger charge is -2.13. The molecule has 0 atom stereocenters. The van der Waals surface area contributed by atoms with Crippen molar-refractivity contribution in [2.24, 2.45) is 7.05 Å². The van der Waals surface area contributed by atoms with E-state index in [4.69, 9.17) is 5.26 Å². The van der Waals surface area contributed by atoms with Crippen LogP contribution < -0.4 is 0 Å². The van der Waals surface area contributed by atoms with Crippen LogP contribution in [0.1, 0.15) is 24.0 Å². The highest BCUT2D eigenvalue weighted by atomic mass is 16.3. The molecule has 3 aromatic rings. The number of hydrogen-bond acceptors (Lipinski definition) is 4. The number of benzene rings is 1. The average Bonchev–Trinajstić information content (AvgIpc) is 3.38. The van der Waals surface area contributed by atoms with E-state index in [0.717, 1.165) is 29.8 Å². The third-order valence-corrected chi connectivity index (χ3v) is 5.00. The predicted octanol–water partition coefficient (Wildman–Crippen LogP) is 3.04. The lowest BCUT2D eigenvalue weighted by atomic mass is 9.95. The Bertz CT molecular complexity index is 962. The Morgan fingerprint density at radius 2 is 1.96 bits per heavy atom. The second kappa shape index (κ2) is 5.83. The first-order valence-electron chi connectivity index (χ1n) is 8.26. The molecule has 5 nitrogen and oxygen atoms in total. The minimum absolute atomic E-state index is 0.0312. The van der Waals surface area contributed by atoms with Gasteiger partial charge in [0.25, 0.3) is 0 Å². The fourth-order valence-electron chi connectivity index (χ4n) is 3.26. The molecule has 25 heavy (non-hydrogen) atoms. The van der Waals surface area contributed by atoms with Crippen molar-refractivity contribution in [2.75, 3.05) is 6.61 Å². The van der Waals surface area contributed by atoms with Gasteiger partial charge in [0.1, 0.15) is 5.69 Å². The Kier molecular flexibility index (Phi) is 3.63. The Balaban J connectivity index is 1.76. The topological polar surface area (TPSA) is 74.7 Å². The summed E-state index contributed by atoms with van der Waals surface area (Å²) in [6.45, 7) is 0.203. The Hall–Kier alpha value is -2.97. The predicted molar refractivity (Wildman–Crippen MR) is 94.6 cm³/mol. The molecule has 2 heterocycles. The quantitative estimate of drug-likeness (QED) is 0.798. The van der Waals surface area contributed by atoms with Crippen molar-refractivity contribution in [3.8, 4) is 28.7 Å². The number of hydrogen-bond donors (Lipinski definition) is 1. The van der Waals surface area contributed by atoms with Crippen molar-refractivity contribution in [1.82, 2.24) is 14.5 Å². The van der Waals surface area contributed by atoms with E-state index in [1.807, 2.05) is 11.6 Å². The van der Waals surface area contributed by atoms with Crippen LogP contribution in [0.15, 0.2) is 48.9 Å². The summed E-state index contributed by atoms with van der Waals surface area (Å²) in [7, 11) is 1.95. The highest BCUT2D eigenvalue weighted by Crippen LogP contribution is 2.48. The summed E-state index contributed by atoms with van der Waals surface area (Å²) in [5.41, 5.74) is 5.17. The molecule has 1 aliphatic rings. The fraction of sp³-hybridized carbons (Fsp3) is 0.250. The molecule has 4 rings (SSSR count). The molecule has 1 aliphatic carbocycles. The van der Waals surface area contributed by atoms with E-state index < -0.39 is 0 Å². The van der Waals surface area contributed by atoms with Crippen LogP contribution >= 0.6 is 0 Å². The molecule has 0 bridgehead atoms. The molecule has 0 radical (unpaired) electrons. The summed E-state index contributed by atoms with van der Waals surface area (Å²) in [6.07, 6.45) is 5.48. The van der Waals surface area contributed by atoms with Crippen molar-refractivity contribution < 1.29 is 5.11 Å². The summed E-state index contributed by atoms with van der Waals surface area (Å²) in [4.78, 5) is 8.87. The highest BCUT2D eigenvalue weighted by Gasteiger charge is 2.43. The molecular formula is C20H18N4O. The fourth-order valence-corrected chi connectivity index (χ4v) is 3.26. The smallest absolute Gasteiger partial charge is 0.115 e. The molecule has 1 N–H and O–H groups in total. The van der Waals surface area contributed by atoms with Gasteiger partial charge in [-0.25, -0.2) is 4.98 Å². The Morgan fingerprint density at radius 3 is 2.60 bits per heavy atom. The van der Waals surface area contributed by atoms with Crippen molar-refractivity contribution >= 4 is 0 Å². The van der Waals surface area contributed by atoms with E-state index in [1.165, 1.54) is 5.56 Å². The number of imidazole rings is 1. The zero-order valence-electron chi connectivity index (χ0n) is 14.0. The van der Waals surface area contributed by atoms with Crippen LogP contribution in [0.2, 0.25) is 0 Å². The van der Waals surface area contributed by atoms with Gasteiger partial charge < -0.3 is 9.67 Å². The molecule has 5 heteroatoms. The van der Waals surface area contributed by atoms with Crippen molar-refractivity contribution in [2.45, 2.75) is 18.3 Å². The first-order chi connectivity index (χ1) is 12.2. The van der Waals surface area contributed by atoms with Crippen LogP contribution in [-0.4, -0.2) is 26.2 Å². The molecular weight excluding hydrogens is 312 g/mol. The number of nitriles is 1. The average molecular weight is 330 g/mol. The molecule has 0 unspecified atom stereocenters. The molecule has 0 saturated heterocycles. The van der Waals surface area contributed by atoms with Gasteiger partial charge in [-0.15, -0.1) is 0 Å². The number of aryl methyl sites for hydroxylation is 1. The van der Waals surface area contributed by atoms with Crippen LogP contribution in [0.3, 0.4) is 0 Å². The normalized spacial score (nSPS) is 14.9. The van der Waals surface area contributed by atoms with Gasteiger partial charge in [-0.3, -0.25) is 4.98 Å². The number of pyridine rings is 1. The summed E-state index contributed by atoms with van der Waals surface area (Å²) in [5, 5.41) is 18.7. The number of aromatic nitrogens is 3. The minimum Gasteiger partial charge on any atom is -0.395 e. The van der Waals surface area contributed by atoms with Gasteiger partial charge >= 0.3 is 0 Å². The van der Waals surface area contributed by atoms with Crippen molar-refractivity contribution in [3.05, 3.63) is 60.0 Å². The largest absolute Gasteiger partial charge is 0.395 e. The van der Waals surface area contributed by atoms with Crippen LogP contribution in [0.4, 0.5) is 0 Å². The van der Waals surface area contributed by atoms with Gasteiger partial charge in [-0.1, -0.05) is 24.3 Å². The molecule has 1 fully saturated rings. The summed E-state index contributed by atoms with van der Waals surface area (Å²) in [5.74, 6) is 0. The number of rotatable bonds is 4. The monoisotopic (exact) mass is 330 g/mol. The summed E-state index contributed by atoms with van der Waals surface area (Å²) < 4.78 is 1.96. The Labute approximate surface area is 146 Å². The minimum atomic E-state index is -0.0312. The lowest BCUT2D eigenvalue weighted by Crippen LogP contribution is -2.11. The van der Waals surface area contributed by atoms with Gasteiger partial charge in [0.2, 0.25) is 0 Å². The molecule has 2 aromatic heterocycles. The second-order valence-electron chi connectivity index (χ2n) is 6.61. The van der Waals surface area contributed by atoms with Gasteiger partial charge in [0.15, 0.2) is 0 Å². The summed E-state index contributed by atoms with van der Waals surface area (Å²) >= 11 is 0. The van der Waals surface area contributed by atoms with E-state index in [9.17, 15) is 5.11 Å². The molecule has 1 aromatic carbocycles. The SMILES string of the molecule is Cn1cnc(-c2cc(C#N)ccn2)c1-c1ccc(C2(CO)CC2)cc1. The van der Waals surface area contributed by atoms with Gasteiger partial charge in [0, 0.05) is 24.2 Å². The number of nitrogens with zero attached hydrogens (tertiary/aromatic N) is 4. The van der Waals surface area contributed by atoms with Crippen LogP contribution in [0, 0.1) is 11.3 Å².